The van der Waals surface area contributed by atoms with Crippen molar-refractivity contribution in [2.75, 3.05) is 11.9 Å². The van der Waals surface area contributed by atoms with E-state index in [0.717, 1.165) is 23.2 Å². The maximum Gasteiger partial charge on any atom is 0.0774 e. The van der Waals surface area contributed by atoms with E-state index in [4.69, 9.17) is 4.74 Å². The lowest BCUT2D eigenvalue weighted by molar-refractivity contribution is 0.105. The van der Waals surface area contributed by atoms with Crippen LogP contribution in [0.25, 0.3) is 0 Å². The van der Waals surface area contributed by atoms with Crippen molar-refractivity contribution in [3.63, 3.8) is 0 Å². The van der Waals surface area contributed by atoms with Crippen LogP contribution in [0, 0.1) is 0 Å². The van der Waals surface area contributed by atoms with Gasteiger partial charge in [0.25, 0.3) is 0 Å². The summed E-state index contributed by atoms with van der Waals surface area (Å²) in [6, 6.07) is 2.03. The average molecular weight is 271 g/mol. The van der Waals surface area contributed by atoms with Crippen molar-refractivity contribution in [1.82, 2.24) is 4.98 Å². The Morgan fingerprint density at radius 1 is 1.60 bits per heavy atom. The Morgan fingerprint density at radius 2 is 2.40 bits per heavy atom. The van der Waals surface area contributed by atoms with Crippen LogP contribution in [0.3, 0.4) is 0 Å². The second kappa shape index (κ2) is 4.10. The highest BCUT2D eigenvalue weighted by Crippen LogP contribution is 2.29. The van der Waals surface area contributed by atoms with Gasteiger partial charge in [0.15, 0.2) is 0 Å². The molecule has 2 rings (SSSR count). The molecule has 1 aliphatic heterocycles. The van der Waals surface area contributed by atoms with Gasteiger partial charge in [-0.05, 0) is 42.3 Å². The lowest BCUT2D eigenvalue weighted by Crippen LogP contribution is -2.41. The van der Waals surface area contributed by atoms with E-state index in [1.807, 2.05) is 12.3 Å². The maximum atomic E-state index is 5.58. The van der Waals surface area contributed by atoms with Crippen LogP contribution in [0.4, 0.5) is 5.69 Å². The number of halogens is 1. The van der Waals surface area contributed by atoms with Gasteiger partial charge < -0.3 is 10.1 Å². The Hall–Kier alpha value is -0.610. The Labute approximate surface area is 98.4 Å². The molecule has 1 aromatic rings. The van der Waals surface area contributed by atoms with E-state index in [-0.39, 0.29) is 11.6 Å². The van der Waals surface area contributed by atoms with Crippen LogP contribution >= 0.6 is 15.9 Å². The van der Waals surface area contributed by atoms with Gasteiger partial charge in [-0.1, -0.05) is 0 Å². The standard InChI is InChI=1S/C11H15BrN2O/c1-8-11(2,3-4-15-8)14-10-5-9(12)6-13-7-10/h5-8,14H,3-4H2,1-2H3. The van der Waals surface area contributed by atoms with Gasteiger partial charge in [-0.15, -0.1) is 0 Å². The first-order valence-corrected chi connectivity index (χ1v) is 5.90. The fourth-order valence-corrected chi connectivity index (χ4v) is 2.17. The van der Waals surface area contributed by atoms with Gasteiger partial charge in [0.1, 0.15) is 0 Å². The van der Waals surface area contributed by atoms with E-state index in [0.29, 0.717) is 0 Å². The van der Waals surface area contributed by atoms with Gasteiger partial charge in [0.05, 0.1) is 23.5 Å². The lowest BCUT2D eigenvalue weighted by Gasteiger charge is -2.30. The SMILES string of the molecule is CC1OCCC1(C)Nc1cncc(Br)c1. The third-order valence-electron chi connectivity index (χ3n) is 3.02. The number of anilines is 1. The monoisotopic (exact) mass is 270 g/mol. The first-order chi connectivity index (χ1) is 7.10. The summed E-state index contributed by atoms with van der Waals surface area (Å²) in [5.74, 6) is 0. The van der Waals surface area contributed by atoms with Gasteiger partial charge in [0, 0.05) is 17.3 Å². The molecule has 0 radical (unpaired) electrons. The molecule has 0 amide bonds. The maximum absolute atomic E-state index is 5.58. The molecule has 1 aliphatic rings. The van der Waals surface area contributed by atoms with E-state index in [1.54, 1.807) is 6.20 Å². The minimum Gasteiger partial charge on any atom is -0.376 e. The summed E-state index contributed by atoms with van der Waals surface area (Å²) >= 11 is 3.41. The van der Waals surface area contributed by atoms with Gasteiger partial charge >= 0.3 is 0 Å². The summed E-state index contributed by atoms with van der Waals surface area (Å²) in [6.45, 7) is 5.11. The lowest BCUT2D eigenvalue weighted by atomic mass is 9.94. The molecular weight excluding hydrogens is 256 g/mol. The Kier molecular flexibility index (Phi) is 2.98. The topological polar surface area (TPSA) is 34.1 Å². The number of rotatable bonds is 2. The zero-order valence-corrected chi connectivity index (χ0v) is 10.5. The molecule has 1 saturated heterocycles. The number of pyridine rings is 1. The van der Waals surface area contributed by atoms with Gasteiger partial charge in [-0.25, -0.2) is 0 Å². The van der Waals surface area contributed by atoms with Crippen molar-refractivity contribution in [2.24, 2.45) is 0 Å². The molecule has 0 saturated carbocycles. The van der Waals surface area contributed by atoms with Crippen molar-refractivity contribution in [3.8, 4) is 0 Å². The van der Waals surface area contributed by atoms with Crippen LogP contribution in [-0.4, -0.2) is 23.2 Å². The van der Waals surface area contributed by atoms with Crippen molar-refractivity contribution in [2.45, 2.75) is 31.9 Å². The van der Waals surface area contributed by atoms with Gasteiger partial charge in [-0.3, -0.25) is 4.98 Å². The zero-order chi connectivity index (χ0) is 10.9. The second-order valence-corrected chi connectivity index (χ2v) is 5.11. The molecule has 1 fully saturated rings. The predicted octanol–water partition coefficient (Wildman–Crippen LogP) is 2.82. The minimum absolute atomic E-state index is 0.0163. The fraction of sp³-hybridized carbons (Fsp3) is 0.545. The number of ether oxygens (including phenoxy) is 1. The van der Waals surface area contributed by atoms with Gasteiger partial charge in [0.2, 0.25) is 0 Å². The largest absolute Gasteiger partial charge is 0.376 e. The third-order valence-corrected chi connectivity index (χ3v) is 3.45. The van der Waals surface area contributed by atoms with E-state index in [1.165, 1.54) is 0 Å². The molecule has 2 heterocycles. The van der Waals surface area contributed by atoms with E-state index >= 15 is 0 Å². The number of aromatic nitrogens is 1. The van der Waals surface area contributed by atoms with E-state index in [2.05, 4.69) is 40.1 Å². The molecular formula is C11H15BrN2O. The Balaban J connectivity index is 2.14. The second-order valence-electron chi connectivity index (χ2n) is 4.20. The van der Waals surface area contributed by atoms with Crippen LogP contribution < -0.4 is 5.32 Å². The molecule has 0 aromatic carbocycles. The Morgan fingerprint density at radius 3 is 3.00 bits per heavy atom. The van der Waals surface area contributed by atoms with Crippen molar-refractivity contribution in [1.29, 1.82) is 0 Å². The fourth-order valence-electron chi connectivity index (χ4n) is 1.81. The molecule has 0 aliphatic carbocycles. The zero-order valence-electron chi connectivity index (χ0n) is 8.96. The first kappa shape index (κ1) is 10.9. The summed E-state index contributed by atoms with van der Waals surface area (Å²) in [7, 11) is 0. The molecule has 15 heavy (non-hydrogen) atoms. The molecule has 2 unspecified atom stereocenters. The van der Waals surface area contributed by atoms with Crippen LogP contribution in [0.2, 0.25) is 0 Å². The van der Waals surface area contributed by atoms with E-state index < -0.39 is 0 Å². The molecule has 2 atom stereocenters. The molecule has 1 N–H and O–H groups in total. The van der Waals surface area contributed by atoms with Gasteiger partial charge in [-0.2, -0.15) is 0 Å². The molecule has 3 nitrogen and oxygen atoms in total. The highest BCUT2D eigenvalue weighted by Gasteiger charge is 2.36. The van der Waals surface area contributed by atoms with Crippen LogP contribution in [0.1, 0.15) is 20.3 Å². The predicted molar refractivity (Wildman–Crippen MR) is 64.0 cm³/mol. The number of hydrogen-bond donors (Lipinski definition) is 1. The quantitative estimate of drug-likeness (QED) is 0.898. The van der Waals surface area contributed by atoms with Crippen molar-refractivity contribution < 1.29 is 4.74 Å². The molecule has 4 heteroatoms. The summed E-state index contributed by atoms with van der Waals surface area (Å²) in [6.07, 6.45) is 4.88. The van der Waals surface area contributed by atoms with E-state index in [9.17, 15) is 0 Å². The Bertz CT molecular complexity index is 358. The highest BCUT2D eigenvalue weighted by molar-refractivity contribution is 9.10. The minimum atomic E-state index is 0.0163. The molecule has 82 valence electrons. The number of nitrogens with zero attached hydrogens (tertiary/aromatic N) is 1. The summed E-state index contributed by atoms with van der Waals surface area (Å²) in [4.78, 5) is 4.13. The van der Waals surface area contributed by atoms with Crippen LogP contribution in [-0.2, 0) is 4.74 Å². The number of hydrogen-bond acceptors (Lipinski definition) is 3. The summed E-state index contributed by atoms with van der Waals surface area (Å²) < 4.78 is 6.56. The highest BCUT2D eigenvalue weighted by atomic mass is 79.9. The first-order valence-electron chi connectivity index (χ1n) is 5.10. The van der Waals surface area contributed by atoms with Crippen molar-refractivity contribution >= 4 is 21.6 Å². The summed E-state index contributed by atoms with van der Waals surface area (Å²) in [5, 5.41) is 3.49. The smallest absolute Gasteiger partial charge is 0.0774 e. The van der Waals surface area contributed by atoms with Crippen LogP contribution in [0.5, 0.6) is 0 Å². The average Bonchev–Trinajstić information content (AvgIpc) is 2.47. The molecule has 0 spiro atoms. The van der Waals surface area contributed by atoms with Crippen molar-refractivity contribution in [3.05, 3.63) is 22.9 Å². The molecule has 1 aromatic heterocycles. The third kappa shape index (κ3) is 2.32. The number of nitrogens with one attached hydrogen (secondary N) is 1. The molecule has 0 bridgehead atoms. The normalized spacial score (nSPS) is 30.5. The summed E-state index contributed by atoms with van der Waals surface area (Å²) in [5.41, 5.74) is 1.05. The van der Waals surface area contributed by atoms with Crippen LogP contribution in [0.15, 0.2) is 22.9 Å².